The van der Waals surface area contributed by atoms with Gasteiger partial charge in [0, 0.05) is 6.20 Å². The van der Waals surface area contributed by atoms with Gasteiger partial charge in [-0.1, -0.05) is 0 Å². The molecule has 0 saturated carbocycles. The van der Waals surface area contributed by atoms with Crippen LogP contribution in [0.3, 0.4) is 0 Å². The number of aldehydes is 1. The summed E-state index contributed by atoms with van der Waals surface area (Å²) in [5.41, 5.74) is -0.113. The lowest BCUT2D eigenvalue weighted by Gasteiger charge is -1.86. The number of halogens is 1. The van der Waals surface area contributed by atoms with Gasteiger partial charge in [0.15, 0.2) is 6.29 Å². The minimum Gasteiger partial charge on any atom is -0.298 e. The maximum absolute atomic E-state index is 12.2. The molecule has 0 N–H and O–H groups in total. The standard InChI is InChI=1S/C5H3FN2O/c6-5-4(2-9)1-7-3-8-5/h1-3H. The molecule has 0 aromatic carbocycles. The zero-order valence-corrected chi connectivity index (χ0v) is 4.41. The summed E-state index contributed by atoms with van der Waals surface area (Å²) in [6.45, 7) is 0. The summed E-state index contributed by atoms with van der Waals surface area (Å²) in [4.78, 5) is 16.5. The number of hydrogen-bond acceptors (Lipinski definition) is 3. The Bertz CT molecular complexity index is 226. The smallest absolute Gasteiger partial charge is 0.226 e. The highest BCUT2D eigenvalue weighted by Gasteiger charge is 1.97. The summed E-state index contributed by atoms with van der Waals surface area (Å²) in [7, 11) is 0. The largest absolute Gasteiger partial charge is 0.298 e. The highest BCUT2D eigenvalue weighted by Crippen LogP contribution is 1.94. The topological polar surface area (TPSA) is 42.9 Å². The Kier molecular flexibility index (Phi) is 1.48. The van der Waals surface area contributed by atoms with Crippen molar-refractivity contribution in [1.29, 1.82) is 0 Å². The Morgan fingerprint density at radius 2 is 2.44 bits per heavy atom. The molecule has 0 spiro atoms. The van der Waals surface area contributed by atoms with E-state index >= 15 is 0 Å². The number of hydrogen-bond donors (Lipinski definition) is 0. The van der Waals surface area contributed by atoms with E-state index in [0.29, 0.717) is 6.29 Å². The molecule has 1 aromatic rings. The van der Waals surface area contributed by atoms with Crippen LogP contribution in [-0.4, -0.2) is 16.3 Å². The number of aromatic nitrogens is 2. The first-order valence-electron chi connectivity index (χ1n) is 2.25. The van der Waals surface area contributed by atoms with E-state index in [2.05, 4.69) is 9.97 Å². The number of rotatable bonds is 1. The SMILES string of the molecule is O=Cc1cncnc1F. The van der Waals surface area contributed by atoms with Crippen LogP contribution in [0.2, 0.25) is 0 Å². The van der Waals surface area contributed by atoms with Crippen LogP contribution in [-0.2, 0) is 0 Å². The molecule has 0 saturated heterocycles. The predicted octanol–water partition coefficient (Wildman–Crippen LogP) is 0.428. The van der Waals surface area contributed by atoms with Crippen molar-refractivity contribution in [2.24, 2.45) is 0 Å². The highest BCUT2D eigenvalue weighted by atomic mass is 19.1. The van der Waals surface area contributed by atoms with Crippen molar-refractivity contribution in [2.75, 3.05) is 0 Å². The third-order valence-electron chi connectivity index (χ3n) is 0.817. The first-order chi connectivity index (χ1) is 4.34. The van der Waals surface area contributed by atoms with Crippen LogP contribution in [0.5, 0.6) is 0 Å². The fraction of sp³-hybridized carbons (Fsp3) is 0. The Labute approximate surface area is 50.6 Å². The van der Waals surface area contributed by atoms with Crippen LogP contribution in [0.4, 0.5) is 4.39 Å². The molecule has 3 nitrogen and oxygen atoms in total. The molecular weight excluding hydrogens is 123 g/mol. The first-order valence-corrected chi connectivity index (χ1v) is 2.25. The van der Waals surface area contributed by atoms with Crippen LogP contribution in [0.15, 0.2) is 12.5 Å². The van der Waals surface area contributed by atoms with Crippen molar-refractivity contribution >= 4 is 6.29 Å². The van der Waals surface area contributed by atoms with Gasteiger partial charge in [-0.2, -0.15) is 4.39 Å². The highest BCUT2D eigenvalue weighted by molar-refractivity contribution is 5.73. The third kappa shape index (κ3) is 1.07. The average Bonchev–Trinajstić information content (AvgIpc) is 1.89. The van der Waals surface area contributed by atoms with E-state index in [1.54, 1.807) is 0 Å². The van der Waals surface area contributed by atoms with Crippen molar-refractivity contribution in [1.82, 2.24) is 9.97 Å². The Morgan fingerprint density at radius 3 is 2.89 bits per heavy atom. The second kappa shape index (κ2) is 2.30. The van der Waals surface area contributed by atoms with Crippen LogP contribution >= 0.6 is 0 Å². The normalized spacial score (nSPS) is 9.00. The van der Waals surface area contributed by atoms with Crippen molar-refractivity contribution in [3.05, 3.63) is 24.0 Å². The first kappa shape index (κ1) is 5.81. The van der Waals surface area contributed by atoms with Gasteiger partial charge in [0.2, 0.25) is 5.95 Å². The van der Waals surface area contributed by atoms with Crippen LogP contribution < -0.4 is 0 Å². The van der Waals surface area contributed by atoms with E-state index in [1.165, 1.54) is 0 Å². The molecule has 0 fully saturated rings. The summed E-state index contributed by atoms with van der Waals surface area (Å²) in [5.74, 6) is -0.778. The molecule has 0 bridgehead atoms. The van der Waals surface area contributed by atoms with Gasteiger partial charge >= 0.3 is 0 Å². The summed E-state index contributed by atoms with van der Waals surface area (Å²) in [5, 5.41) is 0. The lowest BCUT2D eigenvalue weighted by molar-refractivity contribution is 0.111. The summed E-state index contributed by atoms with van der Waals surface area (Å²) in [6, 6.07) is 0. The van der Waals surface area contributed by atoms with Gasteiger partial charge in [-0.3, -0.25) is 4.79 Å². The van der Waals surface area contributed by atoms with Crippen molar-refractivity contribution in [3.63, 3.8) is 0 Å². The monoisotopic (exact) mass is 126 g/mol. The molecule has 0 amide bonds. The Morgan fingerprint density at radius 1 is 1.67 bits per heavy atom. The summed E-state index contributed by atoms with van der Waals surface area (Å²) < 4.78 is 12.2. The van der Waals surface area contributed by atoms with Crippen molar-refractivity contribution in [3.8, 4) is 0 Å². The van der Waals surface area contributed by atoms with Gasteiger partial charge in [-0.05, 0) is 0 Å². The van der Waals surface area contributed by atoms with Crippen molar-refractivity contribution < 1.29 is 9.18 Å². The van der Waals surface area contributed by atoms with E-state index in [4.69, 9.17) is 0 Å². The van der Waals surface area contributed by atoms with Crippen LogP contribution in [0, 0.1) is 5.95 Å². The predicted molar refractivity (Wildman–Crippen MR) is 27.4 cm³/mol. The Balaban J connectivity index is 3.15. The van der Waals surface area contributed by atoms with Gasteiger partial charge in [0.1, 0.15) is 6.33 Å². The van der Waals surface area contributed by atoms with E-state index < -0.39 is 5.95 Å². The van der Waals surface area contributed by atoms with Gasteiger partial charge in [-0.25, -0.2) is 9.97 Å². The molecule has 4 heteroatoms. The molecule has 9 heavy (non-hydrogen) atoms. The van der Waals surface area contributed by atoms with Crippen LogP contribution in [0.25, 0.3) is 0 Å². The lowest BCUT2D eigenvalue weighted by Crippen LogP contribution is -1.91. The fourth-order valence-electron chi connectivity index (χ4n) is 0.405. The maximum Gasteiger partial charge on any atom is 0.226 e. The molecule has 0 aliphatic rings. The molecule has 0 aliphatic carbocycles. The molecular formula is C5H3FN2O. The van der Waals surface area contributed by atoms with E-state index in [-0.39, 0.29) is 5.56 Å². The number of carbonyl (C=O) groups excluding carboxylic acids is 1. The molecule has 0 radical (unpaired) electrons. The molecule has 0 unspecified atom stereocenters. The number of nitrogens with zero attached hydrogens (tertiary/aromatic N) is 2. The van der Waals surface area contributed by atoms with Gasteiger partial charge in [0.05, 0.1) is 5.56 Å². The molecule has 46 valence electrons. The van der Waals surface area contributed by atoms with E-state index in [0.717, 1.165) is 12.5 Å². The summed E-state index contributed by atoms with van der Waals surface area (Å²) >= 11 is 0. The van der Waals surface area contributed by atoms with E-state index in [9.17, 15) is 9.18 Å². The minimum atomic E-state index is -0.778. The fourth-order valence-corrected chi connectivity index (χ4v) is 0.405. The summed E-state index contributed by atoms with van der Waals surface area (Å²) in [6.07, 6.45) is 2.53. The number of carbonyl (C=O) groups is 1. The van der Waals surface area contributed by atoms with Gasteiger partial charge in [-0.15, -0.1) is 0 Å². The minimum absolute atomic E-state index is 0.113. The molecule has 1 aromatic heterocycles. The molecule has 0 atom stereocenters. The van der Waals surface area contributed by atoms with Gasteiger partial charge in [0.25, 0.3) is 0 Å². The maximum atomic E-state index is 12.2. The lowest BCUT2D eigenvalue weighted by atomic mass is 10.4. The second-order valence-corrected chi connectivity index (χ2v) is 1.39. The molecule has 0 aliphatic heterocycles. The zero-order chi connectivity index (χ0) is 6.69. The van der Waals surface area contributed by atoms with Gasteiger partial charge < -0.3 is 0 Å². The Hall–Kier alpha value is -1.32. The third-order valence-corrected chi connectivity index (χ3v) is 0.817. The zero-order valence-electron chi connectivity index (χ0n) is 4.41. The van der Waals surface area contributed by atoms with Crippen molar-refractivity contribution in [2.45, 2.75) is 0 Å². The van der Waals surface area contributed by atoms with Crippen LogP contribution in [0.1, 0.15) is 10.4 Å². The molecule has 1 rings (SSSR count). The van der Waals surface area contributed by atoms with E-state index in [1.807, 2.05) is 0 Å². The second-order valence-electron chi connectivity index (χ2n) is 1.39. The quantitative estimate of drug-likeness (QED) is 0.404. The molecule has 1 heterocycles. The average molecular weight is 126 g/mol.